The molecule has 0 saturated carbocycles. The Morgan fingerprint density at radius 1 is 0.417 bits per heavy atom. The number of nitrogens with one attached hydrogen (secondary N) is 2. The van der Waals surface area contributed by atoms with Crippen LogP contribution in [0.5, 0.6) is 0 Å². The van der Waals surface area contributed by atoms with E-state index in [2.05, 4.69) is 34.5 Å². The van der Waals surface area contributed by atoms with Crippen LogP contribution in [0.2, 0.25) is 0 Å². The third kappa shape index (κ3) is 43.5. The number of carbonyl (C=O) groups excluding carboxylic acids is 2. The number of carboxylic acids is 2. The van der Waals surface area contributed by atoms with Gasteiger partial charge in [-0.1, -0.05) is 142 Å². The van der Waals surface area contributed by atoms with Crippen molar-refractivity contribution < 1.29 is 98.7 Å². The molecule has 0 heterocycles. The fourth-order valence-electron chi connectivity index (χ4n) is 6.99. The maximum absolute atomic E-state index is 12.4. The molecule has 2 amide bonds. The minimum Gasteiger partial charge on any atom is -0.862 e. The molecule has 0 aromatic carbocycles. The number of nitrogens with zero attached hydrogens (tertiary/aromatic N) is 2. The minimum absolute atomic E-state index is 0. The van der Waals surface area contributed by atoms with Gasteiger partial charge in [0, 0.05) is 25.9 Å². The predicted molar refractivity (Wildman–Crippen MR) is 232 cm³/mol. The molecule has 0 aliphatic heterocycles. The number of rotatable bonds is 43. The Hall–Kier alpha value is -1.18. The van der Waals surface area contributed by atoms with Gasteiger partial charge < -0.3 is 41.0 Å². The van der Waals surface area contributed by atoms with Crippen LogP contribution in [-0.4, -0.2) is 70.9 Å². The van der Waals surface area contributed by atoms with Gasteiger partial charge in [-0.3, -0.25) is 9.59 Å². The van der Waals surface area contributed by atoms with Crippen molar-refractivity contribution >= 4 is 35.5 Å². The minimum atomic E-state index is -1.07. The van der Waals surface area contributed by atoms with E-state index in [0.29, 0.717) is 77.3 Å². The molecule has 0 spiro atoms. The molecule has 0 saturated heterocycles. The van der Waals surface area contributed by atoms with E-state index in [9.17, 15) is 39.6 Å². The van der Waals surface area contributed by atoms with Crippen molar-refractivity contribution in [2.75, 3.05) is 13.1 Å². The standard InChI is InChI=1S/C46H86N4O8.2Na/c1-3-5-7-9-11-13-15-19-23-33-41(51)47-37-29-27-31-39(45(55)56)49-43(53)35-25-21-17-18-22-26-36-44(54)50-40(46(57)58)32-28-30-38-48-42(52)34-24-20-16-14-12-10-8-6-4-2;;/h39-40H,3-38H2,1-2H3,(H,47,51)(H,48,52)(H,49,53)(H,50,54)(H,55,56)(H,57,58);;/q;2*+1/p-2/t39-,40-;;/m0../s1. The van der Waals surface area contributed by atoms with Gasteiger partial charge in [-0.05, 0) is 88.8 Å². The fraction of sp³-hybridized carbons (Fsp3) is 0.870. The number of unbranched alkanes of at least 4 members (excludes halogenated alkanes) is 23. The number of aliphatic imine (C=N–C) groups is 2. The average molecular weight is 867 g/mol. The molecule has 0 unspecified atom stereocenters. The van der Waals surface area contributed by atoms with Crippen LogP contribution in [0.15, 0.2) is 9.98 Å². The summed E-state index contributed by atoms with van der Waals surface area (Å²) in [5.74, 6) is -2.87. The Kier molecular flexibility index (Phi) is 49.8. The summed E-state index contributed by atoms with van der Waals surface area (Å²) in [5.41, 5.74) is 0. The van der Waals surface area contributed by atoms with Crippen LogP contribution in [0.1, 0.15) is 232 Å². The van der Waals surface area contributed by atoms with E-state index in [1.165, 1.54) is 77.0 Å². The van der Waals surface area contributed by atoms with Crippen molar-refractivity contribution in [2.45, 2.75) is 244 Å². The zero-order chi connectivity index (χ0) is 42.9. The zero-order valence-corrected chi connectivity index (χ0v) is 42.8. The molecule has 0 aromatic rings. The molecule has 0 aromatic heterocycles. The van der Waals surface area contributed by atoms with E-state index in [-0.39, 0.29) is 95.6 Å². The second-order valence-corrected chi connectivity index (χ2v) is 16.2. The molecule has 60 heavy (non-hydrogen) atoms. The van der Waals surface area contributed by atoms with Crippen LogP contribution in [0.25, 0.3) is 0 Å². The maximum Gasteiger partial charge on any atom is 1.00 e. The summed E-state index contributed by atoms with van der Waals surface area (Å²) in [4.78, 5) is 56.3. The topological polar surface area (TPSA) is 204 Å². The number of hydrogen-bond acceptors (Lipinski definition) is 8. The van der Waals surface area contributed by atoms with Gasteiger partial charge in [0.25, 0.3) is 0 Å². The first-order chi connectivity index (χ1) is 28.1. The Morgan fingerprint density at radius 3 is 0.967 bits per heavy atom. The summed E-state index contributed by atoms with van der Waals surface area (Å²) >= 11 is 0. The number of carboxylic acid groups (broad SMARTS) is 2. The Morgan fingerprint density at radius 2 is 0.683 bits per heavy atom. The van der Waals surface area contributed by atoms with Crippen molar-refractivity contribution in [3.8, 4) is 0 Å². The molecule has 4 N–H and O–H groups in total. The van der Waals surface area contributed by atoms with Crippen LogP contribution >= 0.6 is 0 Å². The largest absolute Gasteiger partial charge is 1.00 e. The summed E-state index contributed by atoms with van der Waals surface area (Å²) < 4.78 is 0. The molecule has 0 aliphatic carbocycles. The van der Waals surface area contributed by atoms with E-state index >= 15 is 0 Å². The molecule has 0 bridgehead atoms. The van der Waals surface area contributed by atoms with Crippen molar-refractivity contribution in [2.24, 2.45) is 9.98 Å². The fourth-order valence-corrected chi connectivity index (χ4v) is 6.99. The van der Waals surface area contributed by atoms with Crippen molar-refractivity contribution in [3.63, 3.8) is 0 Å². The van der Waals surface area contributed by atoms with E-state index in [1.807, 2.05) is 0 Å². The summed E-state index contributed by atoms with van der Waals surface area (Å²) in [6.07, 6.45) is 30.5. The Bertz CT molecular complexity index is 1030. The quantitative estimate of drug-likeness (QED) is 0.0310. The van der Waals surface area contributed by atoms with Gasteiger partial charge >= 0.3 is 71.1 Å². The maximum atomic E-state index is 12.4. The van der Waals surface area contributed by atoms with Crippen molar-refractivity contribution in [1.82, 2.24) is 10.6 Å². The predicted octanol–water partition coefficient (Wildman–Crippen LogP) is 2.95. The number of amides is 2. The van der Waals surface area contributed by atoms with Crippen molar-refractivity contribution in [1.29, 1.82) is 0 Å². The van der Waals surface area contributed by atoms with E-state index in [4.69, 9.17) is 0 Å². The van der Waals surface area contributed by atoms with Gasteiger partial charge in [0.2, 0.25) is 11.8 Å². The third-order valence-corrected chi connectivity index (χ3v) is 10.7. The summed E-state index contributed by atoms with van der Waals surface area (Å²) in [7, 11) is 0. The van der Waals surface area contributed by atoms with Gasteiger partial charge in [0.1, 0.15) is 12.1 Å². The van der Waals surface area contributed by atoms with Gasteiger partial charge in [0.15, 0.2) is 0 Å². The molecular formula is C46H84N4Na2O8. The van der Waals surface area contributed by atoms with Gasteiger partial charge in [-0.2, -0.15) is 0 Å². The molecular weight excluding hydrogens is 783 g/mol. The first kappa shape index (κ1) is 63.1. The third-order valence-electron chi connectivity index (χ3n) is 10.7. The molecule has 0 rings (SSSR count). The zero-order valence-electron chi connectivity index (χ0n) is 38.8. The summed E-state index contributed by atoms with van der Waals surface area (Å²) in [6, 6.07) is -1.91. The molecule has 0 radical (unpaired) electrons. The van der Waals surface area contributed by atoms with E-state index < -0.39 is 24.0 Å². The van der Waals surface area contributed by atoms with Gasteiger partial charge in [0.05, 0.1) is 0 Å². The Balaban J connectivity index is -0.0000162. The second kappa shape index (κ2) is 47.3. The van der Waals surface area contributed by atoms with Crippen molar-refractivity contribution in [3.05, 3.63) is 0 Å². The van der Waals surface area contributed by atoms with Gasteiger partial charge in [-0.25, -0.2) is 9.59 Å². The molecule has 2 atom stereocenters. The van der Waals surface area contributed by atoms with E-state index in [0.717, 1.165) is 64.2 Å². The van der Waals surface area contributed by atoms with Crippen LogP contribution in [0.4, 0.5) is 0 Å². The van der Waals surface area contributed by atoms with Crippen LogP contribution in [0, 0.1) is 0 Å². The average Bonchev–Trinajstić information content (AvgIpc) is 3.19. The SMILES string of the molecule is CCCCCCCCCCCC([O-])=NCCCC[C@H](NC(=O)CCCCCCCCC(=O)N[C@@H](CCCCN=C([O-])CCCCCCCCCCC)C(=O)O)C(=O)O.[Na+].[Na+]. The van der Waals surface area contributed by atoms with Crippen LogP contribution < -0.4 is 80.0 Å². The monoisotopic (exact) mass is 867 g/mol. The smallest absolute Gasteiger partial charge is 0.862 e. The molecule has 338 valence electrons. The van der Waals surface area contributed by atoms with Crippen LogP contribution in [0.3, 0.4) is 0 Å². The number of hydrogen-bond donors (Lipinski definition) is 4. The first-order valence-corrected chi connectivity index (χ1v) is 23.6. The summed E-state index contributed by atoms with van der Waals surface area (Å²) in [5, 5.41) is 48.4. The Labute approximate surface area is 409 Å². The molecule has 14 heteroatoms. The van der Waals surface area contributed by atoms with Crippen LogP contribution in [-0.2, 0) is 19.2 Å². The molecule has 12 nitrogen and oxygen atoms in total. The first-order valence-electron chi connectivity index (χ1n) is 23.6. The molecule has 0 fully saturated rings. The van der Waals surface area contributed by atoms with E-state index in [1.54, 1.807) is 0 Å². The number of aliphatic carboxylic acids is 2. The normalized spacial score (nSPS) is 12.6. The summed E-state index contributed by atoms with van der Waals surface area (Å²) in [6.45, 7) is 5.20. The molecule has 0 aliphatic rings. The second-order valence-electron chi connectivity index (χ2n) is 16.2. The number of carbonyl (C=O) groups is 4. The van der Waals surface area contributed by atoms with Gasteiger partial charge in [-0.15, -0.1) is 0 Å².